The number of nitrogen functional groups attached to an aromatic ring is 2. The SMILES string of the molecule is Cc1cnc(N)c(Br)c1.Cc1cnc(N)c(C#N)c1. The van der Waals surface area contributed by atoms with Crippen LogP contribution in [-0.2, 0) is 0 Å². The van der Waals surface area contributed by atoms with Crippen LogP contribution in [-0.4, -0.2) is 9.97 Å². The van der Waals surface area contributed by atoms with Gasteiger partial charge in [0.05, 0.1) is 10.0 Å². The molecule has 0 saturated heterocycles. The quantitative estimate of drug-likeness (QED) is 0.777. The molecular weight excluding hydrogens is 306 g/mol. The number of anilines is 2. The lowest BCUT2D eigenvalue weighted by atomic mass is 10.2. The van der Waals surface area contributed by atoms with Gasteiger partial charge in [-0.15, -0.1) is 0 Å². The zero-order chi connectivity index (χ0) is 14.4. The molecule has 5 nitrogen and oxygen atoms in total. The fraction of sp³-hybridized carbons (Fsp3) is 0.154. The third-order valence-electron chi connectivity index (χ3n) is 2.18. The van der Waals surface area contributed by atoms with Crippen molar-refractivity contribution in [2.45, 2.75) is 13.8 Å². The number of nitrogens with zero attached hydrogens (tertiary/aromatic N) is 3. The number of hydrogen-bond donors (Lipinski definition) is 2. The van der Waals surface area contributed by atoms with Crippen LogP contribution < -0.4 is 11.5 Å². The van der Waals surface area contributed by atoms with Gasteiger partial charge in [0.25, 0.3) is 0 Å². The smallest absolute Gasteiger partial charge is 0.141 e. The number of pyridine rings is 2. The highest BCUT2D eigenvalue weighted by molar-refractivity contribution is 9.10. The Hall–Kier alpha value is -2.13. The summed E-state index contributed by atoms with van der Waals surface area (Å²) >= 11 is 3.26. The molecule has 0 amide bonds. The maximum absolute atomic E-state index is 8.47. The summed E-state index contributed by atoms with van der Waals surface area (Å²) in [6.45, 7) is 3.84. The van der Waals surface area contributed by atoms with Crippen molar-refractivity contribution in [3.63, 3.8) is 0 Å². The van der Waals surface area contributed by atoms with E-state index < -0.39 is 0 Å². The van der Waals surface area contributed by atoms with E-state index in [0.29, 0.717) is 17.2 Å². The molecule has 0 aliphatic heterocycles. The Morgan fingerprint density at radius 3 is 2.00 bits per heavy atom. The summed E-state index contributed by atoms with van der Waals surface area (Å²) < 4.78 is 0.863. The van der Waals surface area contributed by atoms with E-state index in [4.69, 9.17) is 16.7 Å². The standard InChI is InChI=1S/C7H7N3.C6H7BrN2/c1-5-2-6(3-8)7(9)10-4-5;1-4-2-5(7)6(8)9-3-4/h2,4H,1H3,(H2,9,10);2-3H,1H3,(H2,8,9). The summed E-state index contributed by atoms with van der Waals surface area (Å²) in [5.41, 5.74) is 13.3. The topological polar surface area (TPSA) is 102 Å². The van der Waals surface area contributed by atoms with E-state index in [1.165, 1.54) is 0 Å². The molecule has 98 valence electrons. The Kier molecular flexibility index (Phi) is 5.27. The molecule has 0 aliphatic rings. The third kappa shape index (κ3) is 4.56. The first-order valence-corrected chi connectivity index (χ1v) is 6.23. The minimum atomic E-state index is 0.299. The van der Waals surface area contributed by atoms with Crippen LogP contribution in [0.4, 0.5) is 11.6 Å². The predicted octanol–water partition coefficient (Wildman–Crippen LogP) is 2.58. The van der Waals surface area contributed by atoms with Crippen molar-refractivity contribution >= 4 is 27.6 Å². The predicted molar refractivity (Wildman–Crippen MR) is 79.2 cm³/mol. The molecule has 0 spiro atoms. The Labute approximate surface area is 120 Å². The number of hydrogen-bond acceptors (Lipinski definition) is 5. The van der Waals surface area contributed by atoms with E-state index in [0.717, 1.165) is 15.6 Å². The average molecular weight is 320 g/mol. The maximum atomic E-state index is 8.47. The van der Waals surface area contributed by atoms with Gasteiger partial charge in [-0.2, -0.15) is 5.26 Å². The zero-order valence-electron chi connectivity index (χ0n) is 10.7. The van der Waals surface area contributed by atoms with Crippen LogP contribution in [0.5, 0.6) is 0 Å². The molecule has 6 heteroatoms. The van der Waals surface area contributed by atoms with Crippen molar-refractivity contribution < 1.29 is 0 Å². The molecule has 0 aliphatic carbocycles. The Bertz CT molecular complexity index is 619. The number of aromatic nitrogens is 2. The van der Waals surface area contributed by atoms with Crippen LogP contribution in [0.3, 0.4) is 0 Å². The van der Waals surface area contributed by atoms with Gasteiger partial charge in [0, 0.05) is 12.4 Å². The van der Waals surface area contributed by atoms with Crippen molar-refractivity contribution in [1.29, 1.82) is 5.26 Å². The number of aryl methyl sites for hydroxylation is 2. The minimum Gasteiger partial charge on any atom is -0.383 e. The summed E-state index contributed by atoms with van der Waals surface area (Å²) in [4.78, 5) is 7.71. The number of rotatable bonds is 0. The Balaban J connectivity index is 0.000000191. The summed E-state index contributed by atoms with van der Waals surface area (Å²) in [5.74, 6) is 0.841. The molecule has 19 heavy (non-hydrogen) atoms. The lowest BCUT2D eigenvalue weighted by molar-refractivity contribution is 1.26. The molecule has 0 unspecified atom stereocenters. The molecule has 2 rings (SSSR count). The van der Waals surface area contributed by atoms with Gasteiger partial charge in [0.1, 0.15) is 17.7 Å². The minimum absolute atomic E-state index is 0.299. The highest BCUT2D eigenvalue weighted by Gasteiger charge is 1.96. The summed E-state index contributed by atoms with van der Waals surface area (Å²) in [7, 11) is 0. The van der Waals surface area contributed by atoms with Crippen LogP contribution in [0.2, 0.25) is 0 Å². The number of halogens is 1. The lowest BCUT2D eigenvalue weighted by Gasteiger charge is -1.95. The third-order valence-corrected chi connectivity index (χ3v) is 2.82. The Morgan fingerprint density at radius 1 is 1.05 bits per heavy atom. The van der Waals surface area contributed by atoms with Crippen LogP contribution in [0.15, 0.2) is 29.0 Å². The zero-order valence-corrected chi connectivity index (χ0v) is 12.3. The summed E-state index contributed by atoms with van der Waals surface area (Å²) in [6.07, 6.45) is 3.37. The normalized spacial score (nSPS) is 9.16. The lowest BCUT2D eigenvalue weighted by Crippen LogP contribution is -1.94. The molecule has 0 fully saturated rings. The number of nitriles is 1. The van der Waals surface area contributed by atoms with E-state index in [2.05, 4.69) is 25.9 Å². The molecule has 0 radical (unpaired) electrons. The molecule has 2 aromatic rings. The van der Waals surface area contributed by atoms with Crippen molar-refractivity contribution in [3.8, 4) is 6.07 Å². The van der Waals surface area contributed by atoms with E-state index in [1.54, 1.807) is 18.5 Å². The molecule has 0 aromatic carbocycles. The Morgan fingerprint density at radius 2 is 1.58 bits per heavy atom. The monoisotopic (exact) mass is 319 g/mol. The first-order valence-electron chi connectivity index (χ1n) is 5.44. The highest BCUT2D eigenvalue weighted by Crippen LogP contribution is 2.16. The van der Waals surface area contributed by atoms with Crippen molar-refractivity contribution in [3.05, 3.63) is 45.7 Å². The molecule has 4 N–H and O–H groups in total. The van der Waals surface area contributed by atoms with Gasteiger partial charge in [-0.05, 0) is 53.0 Å². The molecule has 0 atom stereocenters. The molecule has 2 aromatic heterocycles. The fourth-order valence-electron chi connectivity index (χ4n) is 1.21. The van der Waals surface area contributed by atoms with Crippen LogP contribution in [0.25, 0.3) is 0 Å². The number of nitrogens with two attached hydrogens (primary N) is 2. The maximum Gasteiger partial charge on any atom is 0.141 e. The summed E-state index contributed by atoms with van der Waals surface area (Å²) in [5, 5.41) is 8.47. The van der Waals surface area contributed by atoms with Gasteiger partial charge in [-0.3, -0.25) is 0 Å². The molecule has 2 heterocycles. The van der Waals surface area contributed by atoms with Gasteiger partial charge in [0.2, 0.25) is 0 Å². The first kappa shape index (κ1) is 14.9. The van der Waals surface area contributed by atoms with Gasteiger partial charge < -0.3 is 11.5 Å². The molecule has 0 bridgehead atoms. The van der Waals surface area contributed by atoms with E-state index in [-0.39, 0.29) is 0 Å². The van der Waals surface area contributed by atoms with Crippen molar-refractivity contribution in [2.24, 2.45) is 0 Å². The van der Waals surface area contributed by atoms with E-state index in [9.17, 15) is 0 Å². The van der Waals surface area contributed by atoms with Crippen LogP contribution in [0, 0.1) is 25.2 Å². The second kappa shape index (κ2) is 6.71. The van der Waals surface area contributed by atoms with Crippen molar-refractivity contribution in [2.75, 3.05) is 11.5 Å². The molecule has 0 saturated carbocycles. The van der Waals surface area contributed by atoms with E-state index >= 15 is 0 Å². The average Bonchev–Trinajstić information content (AvgIpc) is 2.38. The van der Waals surface area contributed by atoms with Gasteiger partial charge in [-0.25, -0.2) is 9.97 Å². The second-order valence-electron chi connectivity index (χ2n) is 3.94. The van der Waals surface area contributed by atoms with E-state index in [1.807, 2.05) is 26.0 Å². The second-order valence-corrected chi connectivity index (χ2v) is 4.79. The largest absolute Gasteiger partial charge is 0.383 e. The van der Waals surface area contributed by atoms with Crippen LogP contribution in [0.1, 0.15) is 16.7 Å². The van der Waals surface area contributed by atoms with Crippen LogP contribution >= 0.6 is 15.9 Å². The van der Waals surface area contributed by atoms with Gasteiger partial charge in [0.15, 0.2) is 0 Å². The highest BCUT2D eigenvalue weighted by atomic mass is 79.9. The first-order chi connectivity index (χ1) is 8.93. The fourth-order valence-corrected chi connectivity index (χ4v) is 1.68. The van der Waals surface area contributed by atoms with Crippen molar-refractivity contribution in [1.82, 2.24) is 9.97 Å². The van der Waals surface area contributed by atoms with Gasteiger partial charge in [-0.1, -0.05) is 0 Å². The summed E-state index contributed by atoms with van der Waals surface area (Å²) in [6, 6.07) is 5.59. The molecular formula is C13H14BrN5. The van der Waals surface area contributed by atoms with Gasteiger partial charge >= 0.3 is 0 Å².